The molecule has 0 saturated carbocycles. The fourth-order valence-electron chi connectivity index (χ4n) is 2.58. The van der Waals surface area contributed by atoms with Crippen LogP contribution in [0.3, 0.4) is 0 Å². The monoisotopic (exact) mass is 466 g/mol. The first-order chi connectivity index (χ1) is 13.6. The van der Waals surface area contributed by atoms with Crippen molar-refractivity contribution in [1.29, 1.82) is 0 Å². The van der Waals surface area contributed by atoms with Gasteiger partial charge in [-0.05, 0) is 0 Å². The molecule has 15 heteroatoms. The summed E-state index contributed by atoms with van der Waals surface area (Å²) in [6.07, 6.45) is -2.89. The molecule has 2 aliphatic heterocycles. The van der Waals surface area contributed by atoms with Crippen molar-refractivity contribution >= 4 is 15.6 Å². The highest BCUT2D eigenvalue weighted by atomic mass is 31.2. The van der Waals surface area contributed by atoms with Crippen LogP contribution < -0.4 is 9.79 Å². The van der Waals surface area contributed by atoms with E-state index in [9.17, 15) is 24.0 Å². The fourth-order valence-corrected chi connectivity index (χ4v) is 3.89. The molecular weight excluding hydrogens is 438 g/mol. The largest absolute Gasteiger partial charge is 0.756 e. The maximum atomic E-state index is 11.0. The Bertz CT molecular complexity index is 560. The van der Waals surface area contributed by atoms with Crippen LogP contribution in [0.1, 0.15) is 6.42 Å². The zero-order valence-electron chi connectivity index (χ0n) is 16.7. The topological polar surface area (TPSA) is 174 Å². The lowest BCUT2D eigenvalue weighted by Gasteiger charge is -2.28. The average Bonchev–Trinajstić information content (AvgIpc) is 3.24. The number of aliphatic hydroxyl groups excluding tert-OH is 1. The zero-order valence-corrected chi connectivity index (χ0v) is 18.5. The summed E-state index contributed by atoms with van der Waals surface area (Å²) in [5, 5.41) is 9.42. The Morgan fingerprint density at radius 2 is 1.48 bits per heavy atom. The van der Waals surface area contributed by atoms with Crippen molar-refractivity contribution in [2.75, 3.05) is 54.9 Å². The average molecular weight is 466 g/mol. The van der Waals surface area contributed by atoms with Crippen LogP contribution in [0.5, 0.6) is 0 Å². The summed E-state index contributed by atoms with van der Waals surface area (Å²) in [4.78, 5) is 22.0. The number of hydrogen-bond acceptors (Lipinski definition) is 13. The normalized spacial score (nSPS) is 33.6. The van der Waals surface area contributed by atoms with Gasteiger partial charge in [-0.3, -0.25) is 9.13 Å². The number of methoxy groups -OCH3 is 2. The molecule has 29 heavy (non-hydrogen) atoms. The highest BCUT2D eigenvalue weighted by Crippen LogP contribution is 2.42. The second kappa shape index (κ2) is 12.8. The predicted molar refractivity (Wildman–Crippen MR) is 92.8 cm³/mol. The maximum Gasteiger partial charge on any atom is 0.268 e. The van der Waals surface area contributed by atoms with Crippen LogP contribution in [-0.2, 0) is 46.2 Å². The van der Waals surface area contributed by atoms with Crippen LogP contribution in [0.15, 0.2) is 0 Å². The van der Waals surface area contributed by atoms with Crippen LogP contribution in [0.2, 0.25) is 0 Å². The van der Waals surface area contributed by atoms with E-state index in [0.29, 0.717) is 19.6 Å². The van der Waals surface area contributed by atoms with Crippen LogP contribution in [-0.4, -0.2) is 90.5 Å². The zero-order chi connectivity index (χ0) is 22.1. The van der Waals surface area contributed by atoms with E-state index in [-0.39, 0.29) is 19.3 Å². The van der Waals surface area contributed by atoms with E-state index in [1.54, 1.807) is 0 Å². The van der Waals surface area contributed by atoms with Gasteiger partial charge in [0.05, 0.1) is 25.9 Å². The third-order valence-corrected chi connectivity index (χ3v) is 5.93. The number of rotatable bonds is 10. The van der Waals surface area contributed by atoms with Crippen molar-refractivity contribution in [1.82, 2.24) is 0 Å². The lowest BCUT2D eigenvalue weighted by Crippen LogP contribution is -2.36. The summed E-state index contributed by atoms with van der Waals surface area (Å²) in [6, 6.07) is 0. The molecule has 2 fully saturated rings. The number of hydrogen-bond donors (Lipinski definition) is 1. The fraction of sp³-hybridized carbons (Fsp3) is 1.00. The standard InChI is InChI=1S/C7H15O7P.C7H15O6P/c1-11-4-6-7(5(8)3-13-6)14-15(9,10)12-2;1-10-5-7-6(3-4-12-7)13-14(8,9)11-2/h5-8H,3-4H2,1-2H3,(H,9,10);6-7H,3-5H2,1-2H3,(H,8,9)/p-2/t5?,6-,7-;6-,7-/m11/s1. The van der Waals surface area contributed by atoms with Gasteiger partial charge in [-0.1, -0.05) is 0 Å². The summed E-state index contributed by atoms with van der Waals surface area (Å²) in [6.45, 7) is 0.949. The lowest BCUT2D eigenvalue weighted by molar-refractivity contribution is -0.231. The van der Waals surface area contributed by atoms with E-state index >= 15 is 0 Å². The Morgan fingerprint density at radius 1 is 0.931 bits per heavy atom. The summed E-state index contributed by atoms with van der Waals surface area (Å²) in [7, 11) is -3.52. The molecule has 0 aromatic rings. The third kappa shape index (κ3) is 9.36. The molecule has 2 heterocycles. The van der Waals surface area contributed by atoms with Crippen molar-refractivity contribution in [3.8, 4) is 0 Å². The highest BCUT2D eigenvalue weighted by molar-refractivity contribution is 7.46. The minimum absolute atomic E-state index is 0.0163. The SMILES string of the molecule is COC[C@H]1OCC(O)[C@H]1OP(=O)([O-])OC.COC[C@H]1OCC[C@H]1OP(=O)([O-])OC. The van der Waals surface area contributed by atoms with Crippen LogP contribution >= 0.6 is 15.6 Å². The Balaban J connectivity index is 0.000000291. The van der Waals surface area contributed by atoms with Crippen LogP contribution in [0, 0.1) is 0 Å². The number of aliphatic hydroxyl groups is 1. The smallest absolute Gasteiger partial charge is 0.268 e. The van der Waals surface area contributed by atoms with E-state index in [4.69, 9.17) is 23.5 Å². The Hall–Kier alpha value is 0.0200. The molecule has 0 aromatic heterocycles. The van der Waals surface area contributed by atoms with Crippen molar-refractivity contribution < 1.29 is 61.1 Å². The van der Waals surface area contributed by atoms with Gasteiger partial charge in [0.1, 0.15) is 24.4 Å². The van der Waals surface area contributed by atoms with Gasteiger partial charge in [-0.25, -0.2) is 0 Å². The van der Waals surface area contributed by atoms with Crippen LogP contribution in [0.25, 0.3) is 0 Å². The first kappa shape index (κ1) is 27.1. The molecule has 3 unspecified atom stereocenters. The minimum atomic E-state index is -4.37. The molecule has 0 amide bonds. The molecule has 2 aliphatic rings. The lowest BCUT2D eigenvalue weighted by atomic mass is 10.2. The van der Waals surface area contributed by atoms with E-state index in [2.05, 4.69) is 13.6 Å². The molecule has 174 valence electrons. The Morgan fingerprint density at radius 3 is 2.03 bits per heavy atom. The molecular formula is C14H28O13P2-2. The van der Waals surface area contributed by atoms with Gasteiger partial charge in [0.15, 0.2) is 0 Å². The van der Waals surface area contributed by atoms with Gasteiger partial charge in [0.2, 0.25) is 0 Å². The maximum absolute atomic E-state index is 11.0. The number of phosphoric ester groups is 2. The predicted octanol–water partition coefficient (Wildman–Crippen LogP) is -1.19. The molecule has 2 rings (SSSR count). The molecule has 0 aliphatic carbocycles. The quantitative estimate of drug-likeness (QED) is 0.381. The molecule has 13 nitrogen and oxygen atoms in total. The summed E-state index contributed by atoms with van der Waals surface area (Å²) < 4.78 is 59.8. The van der Waals surface area contributed by atoms with E-state index in [0.717, 1.165) is 14.2 Å². The molecule has 0 bridgehead atoms. The molecule has 0 radical (unpaired) electrons. The molecule has 2 saturated heterocycles. The van der Waals surface area contributed by atoms with Gasteiger partial charge >= 0.3 is 0 Å². The Labute approximate surface area is 169 Å². The van der Waals surface area contributed by atoms with Crippen molar-refractivity contribution in [3.05, 3.63) is 0 Å². The molecule has 0 aromatic carbocycles. The minimum Gasteiger partial charge on any atom is -0.756 e. The first-order valence-electron chi connectivity index (χ1n) is 8.58. The van der Waals surface area contributed by atoms with Crippen molar-refractivity contribution in [2.45, 2.75) is 36.9 Å². The van der Waals surface area contributed by atoms with Gasteiger partial charge in [0, 0.05) is 41.5 Å². The second-order valence-electron chi connectivity index (χ2n) is 6.02. The molecule has 7 atom stereocenters. The van der Waals surface area contributed by atoms with Gasteiger partial charge < -0.3 is 51.9 Å². The molecule has 1 N–H and O–H groups in total. The third-order valence-electron chi connectivity index (χ3n) is 4.00. The van der Waals surface area contributed by atoms with Crippen molar-refractivity contribution in [2.24, 2.45) is 0 Å². The molecule has 0 spiro atoms. The van der Waals surface area contributed by atoms with Crippen LogP contribution in [0.4, 0.5) is 0 Å². The second-order valence-corrected chi connectivity index (χ2v) is 8.96. The number of phosphoric acid groups is 2. The summed E-state index contributed by atoms with van der Waals surface area (Å²) in [5.74, 6) is 0. The summed E-state index contributed by atoms with van der Waals surface area (Å²) in [5.41, 5.74) is 0. The Kier molecular flexibility index (Phi) is 11.9. The first-order valence-corrected chi connectivity index (χ1v) is 11.5. The van der Waals surface area contributed by atoms with Gasteiger partial charge in [-0.15, -0.1) is 0 Å². The van der Waals surface area contributed by atoms with E-state index < -0.39 is 40.1 Å². The summed E-state index contributed by atoms with van der Waals surface area (Å²) >= 11 is 0. The van der Waals surface area contributed by atoms with Gasteiger partial charge in [-0.2, -0.15) is 0 Å². The highest BCUT2D eigenvalue weighted by Gasteiger charge is 2.39. The van der Waals surface area contributed by atoms with E-state index in [1.807, 2.05) is 0 Å². The number of ether oxygens (including phenoxy) is 4. The van der Waals surface area contributed by atoms with E-state index in [1.165, 1.54) is 14.2 Å². The van der Waals surface area contributed by atoms with Crippen molar-refractivity contribution in [3.63, 3.8) is 0 Å². The van der Waals surface area contributed by atoms with Gasteiger partial charge in [0.25, 0.3) is 15.6 Å².